The summed E-state index contributed by atoms with van der Waals surface area (Å²) in [5.74, 6) is 2.98. The summed E-state index contributed by atoms with van der Waals surface area (Å²) in [6.07, 6.45) is 1.38. The van der Waals surface area contributed by atoms with Gasteiger partial charge in [-0.15, -0.1) is 0 Å². The molecule has 1 fully saturated rings. The van der Waals surface area contributed by atoms with E-state index in [2.05, 4.69) is 74.4 Å². The van der Waals surface area contributed by atoms with Crippen molar-refractivity contribution in [3.8, 4) is 22.6 Å². The van der Waals surface area contributed by atoms with E-state index in [0.29, 0.717) is 12.5 Å². The van der Waals surface area contributed by atoms with Gasteiger partial charge >= 0.3 is 0 Å². The Hall–Kier alpha value is -2.46. The standard InChI is InChI=1S/C20H23NO2.C5H11N/c1-13(2)12-23-20-11-16(6-8-19(20)22-4)15-5-7-18-17(10-15)9-14(3)21-18;1-5-2-3-6-4-5/h5-11,13,21H,12H2,1-4H3;5-6H,2-4H2,1H3/t;5-/m.1/s1. The van der Waals surface area contributed by atoms with Gasteiger partial charge in [-0.25, -0.2) is 0 Å². The van der Waals surface area contributed by atoms with E-state index in [1.165, 1.54) is 36.2 Å². The molecule has 1 aromatic heterocycles. The molecule has 0 aliphatic carbocycles. The summed E-state index contributed by atoms with van der Waals surface area (Å²) in [4.78, 5) is 3.35. The van der Waals surface area contributed by atoms with Gasteiger partial charge in [-0.05, 0) is 79.7 Å². The molecule has 0 unspecified atom stereocenters. The quantitative estimate of drug-likeness (QED) is 0.575. The second-order valence-electron chi connectivity index (χ2n) is 8.42. The van der Waals surface area contributed by atoms with Crippen LogP contribution in [0.4, 0.5) is 0 Å². The first-order valence-corrected chi connectivity index (χ1v) is 10.6. The van der Waals surface area contributed by atoms with E-state index in [1.54, 1.807) is 7.11 Å². The Morgan fingerprint density at radius 3 is 2.41 bits per heavy atom. The molecule has 2 heterocycles. The number of fused-ring (bicyclic) bond motifs is 1. The van der Waals surface area contributed by atoms with Crippen molar-refractivity contribution in [2.75, 3.05) is 26.8 Å². The summed E-state index contributed by atoms with van der Waals surface area (Å²) in [6.45, 7) is 11.8. The number of aromatic nitrogens is 1. The highest BCUT2D eigenvalue weighted by molar-refractivity contribution is 5.86. The lowest BCUT2D eigenvalue weighted by atomic mass is 10.0. The van der Waals surface area contributed by atoms with Crippen molar-refractivity contribution in [2.45, 2.75) is 34.1 Å². The molecule has 29 heavy (non-hydrogen) atoms. The number of benzene rings is 2. The Labute approximate surface area is 174 Å². The minimum atomic E-state index is 0.475. The van der Waals surface area contributed by atoms with Crippen molar-refractivity contribution in [1.29, 1.82) is 0 Å². The van der Waals surface area contributed by atoms with Crippen LogP contribution in [0.5, 0.6) is 11.5 Å². The van der Waals surface area contributed by atoms with Gasteiger partial charge in [0.15, 0.2) is 11.5 Å². The van der Waals surface area contributed by atoms with Crippen LogP contribution in [0.2, 0.25) is 0 Å². The van der Waals surface area contributed by atoms with Gasteiger partial charge in [-0.2, -0.15) is 0 Å². The molecule has 0 saturated carbocycles. The second-order valence-corrected chi connectivity index (χ2v) is 8.42. The van der Waals surface area contributed by atoms with E-state index >= 15 is 0 Å². The Morgan fingerprint density at radius 2 is 1.79 bits per heavy atom. The van der Waals surface area contributed by atoms with E-state index in [1.807, 2.05) is 6.07 Å². The van der Waals surface area contributed by atoms with Crippen molar-refractivity contribution in [2.24, 2.45) is 11.8 Å². The second kappa shape index (κ2) is 9.84. The number of ether oxygens (including phenoxy) is 2. The van der Waals surface area contributed by atoms with E-state index in [9.17, 15) is 0 Å². The molecule has 1 saturated heterocycles. The van der Waals surface area contributed by atoms with E-state index in [4.69, 9.17) is 9.47 Å². The SMILES string of the molecule is COc1ccc(-c2ccc3[nH]c(C)cc3c2)cc1OCC(C)C.C[C@@H]1CCNC1. The zero-order valence-electron chi connectivity index (χ0n) is 18.3. The smallest absolute Gasteiger partial charge is 0.161 e. The van der Waals surface area contributed by atoms with Gasteiger partial charge < -0.3 is 19.8 Å². The molecule has 4 heteroatoms. The van der Waals surface area contributed by atoms with Crippen LogP contribution in [-0.4, -0.2) is 31.8 Å². The highest BCUT2D eigenvalue weighted by Gasteiger charge is 2.09. The first kappa shape index (κ1) is 21.3. The predicted octanol–water partition coefficient (Wildman–Crippen LogP) is 5.80. The third-order valence-corrected chi connectivity index (χ3v) is 5.13. The summed E-state index contributed by atoms with van der Waals surface area (Å²) >= 11 is 0. The fraction of sp³-hybridized carbons (Fsp3) is 0.440. The molecule has 0 radical (unpaired) electrons. The molecular weight excluding hydrogens is 360 g/mol. The summed E-state index contributed by atoms with van der Waals surface area (Å²) in [5, 5.41) is 4.49. The zero-order valence-corrected chi connectivity index (χ0v) is 18.3. The van der Waals surface area contributed by atoms with Crippen LogP contribution in [0.1, 0.15) is 32.9 Å². The molecule has 156 valence electrons. The molecule has 2 aromatic carbocycles. The maximum absolute atomic E-state index is 5.91. The Kier molecular flexibility index (Phi) is 7.21. The molecular formula is C25H34N2O2. The van der Waals surface area contributed by atoms with E-state index < -0.39 is 0 Å². The molecule has 3 aromatic rings. The van der Waals surface area contributed by atoms with Gasteiger partial charge in [-0.3, -0.25) is 0 Å². The Bertz CT molecular complexity index is 924. The van der Waals surface area contributed by atoms with Gasteiger partial charge in [-0.1, -0.05) is 32.9 Å². The minimum absolute atomic E-state index is 0.475. The first-order chi connectivity index (χ1) is 14.0. The van der Waals surface area contributed by atoms with E-state index in [0.717, 1.165) is 28.5 Å². The van der Waals surface area contributed by atoms with Crippen LogP contribution >= 0.6 is 0 Å². The summed E-state index contributed by atoms with van der Waals surface area (Å²) in [5.41, 5.74) is 4.64. The van der Waals surface area contributed by atoms with E-state index in [-0.39, 0.29) is 0 Å². The fourth-order valence-electron chi connectivity index (χ4n) is 3.48. The maximum Gasteiger partial charge on any atom is 0.161 e. The number of methoxy groups -OCH3 is 1. The molecule has 1 atom stereocenters. The lowest BCUT2D eigenvalue weighted by Gasteiger charge is -2.14. The third-order valence-electron chi connectivity index (χ3n) is 5.13. The number of hydrogen-bond donors (Lipinski definition) is 2. The number of aromatic amines is 1. The number of rotatable bonds is 5. The number of aryl methyl sites for hydroxylation is 1. The number of nitrogens with one attached hydrogen (secondary N) is 2. The normalized spacial score (nSPS) is 16.0. The first-order valence-electron chi connectivity index (χ1n) is 10.6. The van der Waals surface area contributed by atoms with Crippen LogP contribution in [0.3, 0.4) is 0 Å². The van der Waals surface area contributed by atoms with Crippen molar-refractivity contribution in [3.05, 3.63) is 48.2 Å². The monoisotopic (exact) mass is 394 g/mol. The molecule has 4 nitrogen and oxygen atoms in total. The number of hydrogen-bond acceptors (Lipinski definition) is 3. The van der Waals surface area contributed by atoms with Crippen LogP contribution in [0.15, 0.2) is 42.5 Å². The molecule has 1 aliphatic rings. The van der Waals surface area contributed by atoms with Crippen LogP contribution in [0, 0.1) is 18.8 Å². The summed E-state index contributed by atoms with van der Waals surface area (Å²) in [7, 11) is 1.67. The van der Waals surface area contributed by atoms with Crippen molar-refractivity contribution in [3.63, 3.8) is 0 Å². The van der Waals surface area contributed by atoms with Gasteiger partial charge in [0.2, 0.25) is 0 Å². The highest BCUT2D eigenvalue weighted by atomic mass is 16.5. The third kappa shape index (κ3) is 5.77. The highest BCUT2D eigenvalue weighted by Crippen LogP contribution is 2.34. The summed E-state index contributed by atoms with van der Waals surface area (Å²) in [6, 6.07) is 14.7. The molecule has 1 aliphatic heterocycles. The topological polar surface area (TPSA) is 46.3 Å². The Balaban J connectivity index is 0.000000343. The average molecular weight is 395 g/mol. The maximum atomic E-state index is 5.91. The Morgan fingerprint density at radius 1 is 1.03 bits per heavy atom. The number of H-pyrrole nitrogens is 1. The van der Waals surface area contributed by atoms with Crippen LogP contribution < -0.4 is 14.8 Å². The van der Waals surface area contributed by atoms with Gasteiger partial charge in [0, 0.05) is 16.6 Å². The van der Waals surface area contributed by atoms with Gasteiger partial charge in [0.25, 0.3) is 0 Å². The lowest BCUT2D eigenvalue weighted by molar-refractivity contribution is 0.257. The molecule has 0 amide bonds. The largest absolute Gasteiger partial charge is 0.493 e. The summed E-state index contributed by atoms with van der Waals surface area (Å²) < 4.78 is 11.3. The molecule has 4 rings (SSSR count). The van der Waals surface area contributed by atoms with Crippen LogP contribution in [0.25, 0.3) is 22.0 Å². The van der Waals surface area contributed by atoms with Crippen molar-refractivity contribution >= 4 is 10.9 Å². The van der Waals surface area contributed by atoms with Crippen LogP contribution in [-0.2, 0) is 0 Å². The molecule has 0 spiro atoms. The minimum Gasteiger partial charge on any atom is -0.493 e. The average Bonchev–Trinajstić information content (AvgIpc) is 3.33. The predicted molar refractivity (Wildman–Crippen MR) is 122 cm³/mol. The fourth-order valence-corrected chi connectivity index (χ4v) is 3.48. The van der Waals surface area contributed by atoms with Crippen molar-refractivity contribution in [1.82, 2.24) is 10.3 Å². The molecule has 2 N–H and O–H groups in total. The van der Waals surface area contributed by atoms with Gasteiger partial charge in [0.1, 0.15) is 0 Å². The van der Waals surface area contributed by atoms with Crippen molar-refractivity contribution < 1.29 is 9.47 Å². The molecule has 0 bridgehead atoms. The lowest BCUT2D eigenvalue weighted by Crippen LogP contribution is -2.06. The van der Waals surface area contributed by atoms with Gasteiger partial charge in [0.05, 0.1) is 13.7 Å². The zero-order chi connectivity index (χ0) is 20.8.